The Morgan fingerprint density at radius 2 is 1.45 bits per heavy atom. The summed E-state index contributed by atoms with van der Waals surface area (Å²) in [6.45, 7) is 3.81. The molecule has 0 aliphatic heterocycles. The summed E-state index contributed by atoms with van der Waals surface area (Å²) in [5.41, 5.74) is 0. The molecule has 0 aromatic carbocycles. The van der Waals surface area contributed by atoms with Gasteiger partial charge in [0, 0.05) is 0 Å². The van der Waals surface area contributed by atoms with Crippen LogP contribution in [0, 0.1) is 6.92 Å². The van der Waals surface area contributed by atoms with Gasteiger partial charge in [-0.1, -0.05) is 57.7 Å². The second-order valence-electron chi connectivity index (χ2n) is 2.93. The van der Waals surface area contributed by atoms with Crippen molar-refractivity contribution in [3.05, 3.63) is 6.92 Å². The molecule has 0 bridgehead atoms. The van der Waals surface area contributed by atoms with Crippen molar-refractivity contribution in [2.75, 3.05) is 0 Å². The van der Waals surface area contributed by atoms with Gasteiger partial charge in [0.05, 0.1) is 0 Å². The van der Waals surface area contributed by atoms with Crippen LogP contribution in [0.4, 0.5) is 0 Å². The summed E-state index contributed by atoms with van der Waals surface area (Å²) in [5.74, 6) is 0. The number of unbranched alkanes of at least 4 members (excludes halogenated alkanes) is 7. The Labute approximate surface area is 76.4 Å². The van der Waals surface area contributed by atoms with Gasteiger partial charge in [-0.2, -0.15) is 0 Å². The van der Waals surface area contributed by atoms with Crippen molar-refractivity contribution in [3.63, 3.8) is 0 Å². The lowest BCUT2D eigenvalue weighted by Gasteiger charge is -1.97. The Kier molecular flexibility index (Phi) is 10.2. The molecule has 0 aromatic heterocycles. The Morgan fingerprint density at radius 1 is 0.909 bits per heavy atom. The van der Waals surface area contributed by atoms with E-state index in [2.05, 4.69) is 6.92 Å². The van der Waals surface area contributed by atoms with Crippen LogP contribution < -0.4 is 0 Å². The van der Waals surface area contributed by atoms with E-state index in [1.54, 1.807) is 0 Å². The summed E-state index contributed by atoms with van der Waals surface area (Å²) >= 11 is 4.74. The molecule has 0 aromatic rings. The number of thiocarbonyl (C=S) groups is 1. The predicted octanol–water partition coefficient (Wildman–Crippen LogP) is 3.94. The lowest BCUT2D eigenvalue weighted by atomic mass is 10.1. The topological polar surface area (TPSA) is 0 Å². The quantitative estimate of drug-likeness (QED) is 0.394. The predicted molar refractivity (Wildman–Crippen MR) is 55.9 cm³/mol. The molecule has 0 atom stereocenters. The van der Waals surface area contributed by atoms with Crippen molar-refractivity contribution in [1.82, 2.24) is 0 Å². The fourth-order valence-electron chi connectivity index (χ4n) is 1.11. The highest BCUT2D eigenvalue weighted by Crippen LogP contribution is 2.07. The standard InChI is InChI=1S/C10H19S/c1-2-3-4-5-6-7-8-9-10-11/h10H,1-9H2. The second kappa shape index (κ2) is 10.1. The van der Waals surface area contributed by atoms with Crippen molar-refractivity contribution in [2.45, 2.75) is 51.4 Å². The van der Waals surface area contributed by atoms with E-state index in [4.69, 9.17) is 12.2 Å². The van der Waals surface area contributed by atoms with Gasteiger partial charge in [-0.05, 0) is 18.2 Å². The molecule has 0 nitrogen and oxygen atoms in total. The highest BCUT2D eigenvalue weighted by molar-refractivity contribution is 7.78. The maximum absolute atomic E-state index is 4.74. The summed E-state index contributed by atoms with van der Waals surface area (Å²) in [7, 11) is 0. The van der Waals surface area contributed by atoms with Gasteiger partial charge in [-0.3, -0.25) is 0 Å². The first-order valence-electron chi connectivity index (χ1n) is 4.64. The van der Waals surface area contributed by atoms with Crippen molar-refractivity contribution in [2.24, 2.45) is 0 Å². The van der Waals surface area contributed by atoms with Crippen LogP contribution in [0.15, 0.2) is 0 Å². The van der Waals surface area contributed by atoms with Gasteiger partial charge in [0.25, 0.3) is 0 Å². The van der Waals surface area contributed by atoms with E-state index in [0.29, 0.717) is 0 Å². The molecule has 0 aliphatic carbocycles. The number of hydrogen-bond donors (Lipinski definition) is 0. The molecule has 0 rings (SSSR count). The Bertz CT molecular complexity index is 78.9. The van der Waals surface area contributed by atoms with Crippen LogP contribution in [-0.2, 0) is 0 Å². The van der Waals surface area contributed by atoms with Gasteiger partial charge in [-0.25, -0.2) is 0 Å². The van der Waals surface area contributed by atoms with E-state index in [1.807, 2.05) is 5.37 Å². The summed E-state index contributed by atoms with van der Waals surface area (Å²) in [4.78, 5) is 0. The summed E-state index contributed by atoms with van der Waals surface area (Å²) in [6, 6.07) is 0. The molecule has 1 radical (unpaired) electrons. The fraction of sp³-hybridized carbons (Fsp3) is 0.800. The van der Waals surface area contributed by atoms with Gasteiger partial charge in [0.15, 0.2) is 0 Å². The summed E-state index contributed by atoms with van der Waals surface area (Å²) in [5, 5.41) is 1.84. The van der Waals surface area contributed by atoms with Crippen LogP contribution >= 0.6 is 12.2 Å². The largest absolute Gasteiger partial charge is 0.0935 e. The Morgan fingerprint density at radius 3 is 2.00 bits per heavy atom. The lowest BCUT2D eigenvalue weighted by molar-refractivity contribution is 0.604. The van der Waals surface area contributed by atoms with Crippen LogP contribution in [-0.4, -0.2) is 5.37 Å². The zero-order valence-corrected chi connectivity index (χ0v) is 8.17. The SMILES string of the molecule is [CH2]CCCCCCCCC=S. The van der Waals surface area contributed by atoms with E-state index >= 15 is 0 Å². The molecule has 0 saturated heterocycles. The van der Waals surface area contributed by atoms with Crippen LogP contribution in [0.3, 0.4) is 0 Å². The van der Waals surface area contributed by atoms with Crippen molar-refractivity contribution < 1.29 is 0 Å². The van der Waals surface area contributed by atoms with Crippen molar-refractivity contribution >= 4 is 17.6 Å². The van der Waals surface area contributed by atoms with Crippen LogP contribution in [0.1, 0.15) is 51.4 Å². The first-order valence-corrected chi connectivity index (χ1v) is 5.12. The third-order valence-electron chi connectivity index (χ3n) is 1.82. The third-order valence-corrected chi connectivity index (χ3v) is 2.06. The van der Waals surface area contributed by atoms with Crippen molar-refractivity contribution in [3.8, 4) is 0 Å². The number of rotatable bonds is 8. The number of hydrogen-bond acceptors (Lipinski definition) is 1. The van der Waals surface area contributed by atoms with E-state index in [0.717, 1.165) is 12.8 Å². The fourth-order valence-corrected chi connectivity index (χ4v) is 1.28. The van der Waals surface area contributed by atoms with Crippen LogP contribution in [0.25, 0.3) is 0 Å². The average molecular weight is 171 g/mol. The molecule has 0 N–H and O–H groups in total. The molecule has 0 fully saturated rings. The first-order chi connectivity index (χ1) is 5.41. The van der Waals surface area contributed by atoms with E-state index < -0.39 is 0 Å². The average Bonchev–Trinajstić information content (AvgIpc) is 2.03. The van der Waals surface area contributed by atoms with Gasteiger partial charge in [0.1, 0.15) is 0 Å². The van der Waals surface area contributed by atoms with Gasteiger partial charge >= 0.3 is 0 Å². The molecule has 0 unspecified atom stereocenters. The molecule has 0 heterocycles. The second-order valence-corrected chi connectivity index (χ2v) is 3.26. The molecular weight excluding hydrogens is 152 g/mol. The highest BCUT2D eigenvalue weighted by atomic mass is 32.1. The molecule has 0 saturated carbocycles. The van der Waals surface area contributed by atoms with Gasteiger partial charge in [-0.15, -0.1) is 0 Å². The minimum Gasteiger partial charge on any atom is -0.0935 e. The molecule has 1 heteroatoms. The maximum atomic E-state index is 4.74. The van der Waals surface area contributed by atoms with Gasteiger partial charge < -0.3 is 0 Å². The zero-order chi connectivity index (χ0) is 8.36. The molecule has 11 heavy (non-hydrogen) atoms. The third kappa shape index (κ3) is 10.1. The molecular formula is C10H19S. The molecule has 65 valence electrons. The van der Waals surface area contributed by atoms with Gasteiger partial charge in [0.2, 0.25) is 0 Å². The Hall–Kier alpha value is 0.0900. The monoisotopic (exact) mass is 171 g/mol. The van der Waals surface area contributed by atoms with Crippen LogP contribution in [0.2, 0.25) is 0 Å². The summed E-state index contributed by atoms with van der Waals surface area (Å²) < 4.78 is 0. The van der Waals surface area contributed by atoms with E-state index in [1.165, 1.54) is 38.5 Å². The van der Waals surface area contributed by atoms with Crippen LogP contribution in [0.5, 0.6) is 0 Å². The first kappa shape index (κ1) is 11.1. The highest BCUT2D eigenvalue weighted by Gasteiger charge is 1.88. The van der Waals surface area contributed by atoms with E-state index in [-0.39, 0.29) is 0 Å². The minimum absolute atomic E-state index is 1.10. The molecule has 0 aliphatic rings. The smallest absolute Gasteiger partial charge is 0.0210 e. The molecule has 0 spiro atoms. The zero-order valence-electron chi connectivity index (χ0n) is 7.35. The minimum atomic E-state index is 1.10. The van der Waals surface area contributed by atoms with E-state index in [9.17, 15) is 0 Å². The lowest BCUT2D eigenvalue weighted by Crippen LogP contribution is -1.79. The summed E-state index contributed by atoms with van der Waals surface area (Å²) in [6.07, 6.45) is 10.3. The Balaban J connectivity index is 2.74. The normalized spacial score (nSPS) is 9.91. The molecule has 0 amide bonds. The maximum Gasteiger partial charge on any atom is -0.0210 e. The van der Waals surface area contributed by atoms with Crippen molar-refractivity contribution in [1.29, 1.82) is 0 Å².